The van der Waals surface area contributed by atoms with Crippen molar-refractivity contribution in [1.82, 2.24) is 0 Å². The van der Waals surface area contributed by atoms with Crippen molar-refractivity contribution in [2.24, 2.45) is 0 Å². The van der Waals surface area contributed by atoms with Crippen LogP contribution in [0.15, 0.2) is 12.2 Å². The number of ether oxygens (including phenoxy) is 1. The monoisotopic (exact) mass is 126 g/mol. The van der Waals surface area contributed by atoms with Gasteiger partial charge in [0.25, 0.3) is 0 Å². The van der Waals surface area contributed by atoms with Crippen LogP contribution in [-0.4, -0.2) is 18.5 Å². The molecule has 0 unspecified atom stereocenters. The van der Waals surface area contributed by atoms with Crippen molar-refractivity contribution >= 4 is 6.29 Å². The van der Waals surface area contributed by atoms with Crippen molar-refractivity contribution in [2.45, 2.75) is 25.6 Å². The van der Waals surface area contributed by atoms with Gasteiger partial charge in [0.05, 0.1) is 6.10 Å². The lowest BCUT2D eigenvalue weighted by atomic mass is 10.2. The van der Waals surface area contributed by atoms with E-state index in [1.165, 1.54) is 6.08 Å². The Labute approximate surface area is 54.5 Å². The Bertz CT molecular complexity index is 129. The van der Waals surface area contributed by atoms with Crippen LogP contribution in [0, 0.1) is 0 Å². The Kier molecular flexibility index (Phi) is 2.01. The molecule has 1 aliphatic heterocycles. The summed E-state index contributed by atoms with van der Waals surface area (Å²) < 4.78 is 5.12. The SMILES string of the molecule is CC[C@@H]1O[C@H]1/C=C/C=O. The molecule has 2 nitrogen and oxygen atoms in total. The Balaban J connectivity index is 2.18. The summed E-state index contributed by atoms with van der Waals surface area (Å²) >= 11 is 0. The highest BCUT2D eigenvalue weighted by atomic mass is 16.6. The van der Waals surface area contributed by atoms with E-state index in [2.05, 4.69) is 6.92 Å². The fraction of sp³-hybridized carbons (Fsp3) is 0.571. The molecule has 1 rings (SSSR count). The molecule has 0 aromatic carbocycles. The van der Waals surface area contributed by atoms with Gasteiger partial charge in [0.2, 0.25) is 0 Å². The van der Waals surface area contributed by atoms with Crippen molar-refractivity contribution in [2.75, 3.05) is 0 Å². The summed E-state index contributed by atoms with van der Waals surface area (Å²) in [7, 11) is 0. The van der Waals surface area contributed by atoms with Crippen LogP contribution in [-0.2, 0) is 9.53 Å². The van der Waals surface area contributed by atoms with Gasteiger partial charge in [-0.2, -0.15) is 0 Å². The molecule has 1 heterocycles. The lowest BCUT2D eigenvalue weighted by Gasteiger charge is -1.75. The lowest BCUT2D eigenvalue weighted by Crippen LogP contribution is -1.85. The van der Waals surface area contributed by atoms with Gasteiger partial charge in [0.1, 0.15) is 12.4 Å². The van der Waals surface area contributed by atoms with E-state index in [-0.39, 0.29) is 6.10 Å². The van der Waals surface area contributed by atoms with Crippen molar-refractivity contribution in [1.29, 1.82) is 0 Å². The summed E-state index contributed by atoms with van der Waals surface area (Å²) in [4.78, 5) is 9.79. The van der Waals surface area contributed by atoms with Crippen LogP contribution in [0.3, 0.4) is 0 Å². The number of allylic oxidation sites excluding steroid dienone is 1. The maximum Gasteiger partial charge on any atom is 0.142 e. The first-order valence-corrected chi connectivity index (χ1v) is 3.16. The molecule has 2 atom stereocenters. The third-order valence-corrected chi connectivity index (χ3v) is 1.40. The normalized spacial score (nSPS) is 33.0. The summed E-state index contributed by atoms with van der Waals surface area (Å²) in [5.41, 5.74) is 0. The highest BCUT2D eigenvalue weighted by Gasteiger charge is 2.33. The van der Waals surface area contributed by atoms with Gasteiger partial charge in [-0.05, 0) is 12.5 Å². The van der Waals surface area contributed by atoms with E-state index in [1.54, 1.807) is 6.08 Å². The smallest absolute Gasteiger partial charge is 0.142 e. The van der Waals surface area contributed by atoms with Crippen LogP contribution in [0.25, 0.3) is 0 Å². The van der Waals surface area contributed by atoms with Gasteiger partial charge in [-0.25, -0.2) is 0 Å². The number of carbonyl (C=O) groups is 1. The van der Waals surface area contributed by atoms with Crippen LogP contribution in [0.4, 0.5) is 0 Å². The predicted molar refractivity (Wildman–Crippen MR) is 34.2 cm³/mol. The number of carbonyl (C=O) groups excluding carboxylic acids is 1. The molecule has 0 bridgehead atoms. The summed E-state index contributed by atoms with van der Waals surface area (Å²) in [6.07, 6.45) is 5.69. The van der Waals surface area contributed by atoms with Gasteiger partial charge in [0, 0.05) is 0 Å². The van der Waals surface area contributed by atoms with E-state index in [4.69, 9.17) is 4.74 Å². The van der Waals surface area contributed by atoms with Crippen LogP contribution in [0.2, 0.25) is 0 Å². The summed E-state index contributed by atoms with van der Waals surface area (Å²) in [6.45, 7) is 2.07. The highest BCUT2D eigenvalue weighted by Crippen LogP contribution is 2.25. The van der Waals surface area contributed by atoms with Gasteiger partial charge in [0.15, 0.2) is 0 Å². The first-order valence-electron chi connectivity index (χ1n) is 3.16. The van der Waals surface area contributed by atoms with Crippen LogP contribution >= 0.6 is 0 Å². The standard InChI is InChI=1S/C7H10O2/c1-2-6-7(9-6)4-3-5-8/h3-7H,2H2,1H3/b4-3+/t6-,7-/m0/s1. The molecule has 1 saturated heterocycles. The second kappa shape index (κ2) is 2.78. The number of hydrogen-bond donors (Lipinski definition) is 0. The van der Waals surface area contributed by atoms with E-state index in [9.17, 15) is 4.79 Å². The molecular formula is C7H10O2. The maximum absolute atomic E-state index is 9.79. The summed E-state index contributed by atoms with van der Waals surface area (Å²) in [5.74, 6) is 0. The second-order valence-corrected chi connectivity index (χ2v) is 2.07. The molecule has 0 saturated carbocycles. The fourth-order valence-corrected chi connectivity index (χ4v) is 0.809. The van der Waals surface area contributed by atoms with E-state index in [1.807, 2.05) is 0 Å². The molecule has 2 heteroatoms. The lowest BCUT2D eigenvalue weighted by molar-refractivity contribution is -0.104. The highest BCUT2D eigenvalue weighted by molar-refractivity contribution is 5.64. The molecule has 0 aliphatic carbocycles. The minimum atomic E-state index is 0.222. The maximum atomic E-state index is 9.79. The van der Waals surface area contributed by atoms with Gasteiger partial charge in [-0.15, -0.1) is 0 Å². The number of epoxide rings is 1. The number of aldehydes is 1. The predicted octanol–water partition coefficient (Wildman–Crippen LogP) is 0.919. The molecule has 0 radical (unpaired) electrons. The Morgan fingerprint density at radius 1 is 1.67 bits per heavy atom. The minimum absolute atomic E-state index is 0.222. The molecule has 0 N–H and O–H groups in total. The van der Waals surface area contributed by atoms with E-state index < -0.39 is 0 Å². The van der Waals surface area contributed by atoms with Gasteiger partial charge in [-0.1, -0.05) is 13.0 Å². The molecule has 0 aromatic heterocycles. The van der Waals surface area contributed by atoms with Gasteiger partial charge < -0.3 is 4.74 Å². The Hall–Kier alpha value is -0.630. The molecule has 1 aliphatic rings. The molecule has 0 amide bonds. The fourth-order valence-electron chi connectivity index (χ4n) is 0.809. The molecule has 50 valence electrons. The minimum Gasteiger partial charge on any atom is -0.365 e. The molecule has 1 fully saturated rings. The van der Waals surface area contributed by atoms with Crippen molar-refractivity contribution in [3.05, 3.63) is 12.2 Å². The average molecular weight is 126 g/mol. The number of rotatable bonds is 3. The molecule has 0 aromatic rings. The summed E-state index contributed by atoms with van der Waals surface area (Å²) in [5, 5.41) is 0. The first-order chi connectivity index (χ1) is 4.38. The molecule has 9 heavy (non-hydrogen) atoms. The van der Waals surface area contributed by atoms with Crippen LogP contribution < -0.4 is 0 Å². The first kappa shape index (κ1) is 6.49. The summed E-state index contributed by atoms with van der Waals surface area (Å²) in [6, 6.07) is 0. The van der Waals surface area contributed by atoms with E-state index >= 15 is 0 Å². The Morgan fingerprint density at radius 3 is 2.89 bits per heavy atom. The van der Waals surface area contributed by atoms with Crippen LogP contribution in [0.1, 0.15) is 13.3 Å². The molecular weight excluding hydrogens is 116 g/mol. The quantitative estimate of drug-likeness (QED) is 0.319. The zero-order chi connectivity index (χ0) is 6.69. The van der Waals surface area contributed by atoms with Crippen LogP contribution in [0.5, 0.6) is 0 Å². The van der Waals surface area contributed by atoms with Gasteiger partial charge >= 0.3 is 0 Å². The zero-order valence-electron chi connectivity index (χ0n) is 5.41. The van der Waals surface area contributed by atoms with Crippen molar-refractivity contribution in [3.8, 4) is 0 Å². The van der Waals surface area contributed by atoms with E-state index in [0.717, 1.165) is 12.7 Å². The topological polar surface area (TPSA) is 29.6 Å². The third kappa shape index (κ3) is 1.64. The largest absolute Gasteiger partial charge is 0.365 e. The Morgan fingerprint density at radius 2 is 2.44 bits per heavy atom. The second-order valence-electron chi connectivity index (χ2n) is 2.07. The third-order valence-electron chi connectivity index (χ3n) is 1.40. The van der Waals surface area contributed by atoms with Crippen molar-refractivity contribution in [3.63, 3.8) is 0 Å². The molecule has 0 spiro atoms. The van der Waals surface area contributed by atoms with E-state index in [0.29, 0.717) is 6.10 Å². The zero-order valence-corrected chi connectivity index (χ0v) is 5.41. The average Bonchev–Trinajstić information content (AvgIpc) is 2.62. The number of hydrogen-bond acceptors (Lipinski definition) is 2. The van der Waals surface area contributed by atoms with Crippen molar-refractivity contribution < 1.29 is 9.53 Å². The van der Waals surface area contributed by atoms with Gasteiger partial charge in [-0.3, -0.25) is 4.79 Å².